The van der Waals surface area contributed by atoms with Crippen molar-refractivity contribution in [2.45, 2.75) is 64.5 Å². The number of likely N-dealkylation sites (tertiary alicyclic amines) is 1. The van der Waals surface area contributed by atoms with Crippen molar-refractivity contribution in [1.82, 2.24) is 10.2 Å². The van der Waals surface area contributed by atoms with Crippen LogP contribution in [0, 0.1) is 0 Å². The van der Waals surface area contributed by atoms with E-state index in [-0.39, 0.29) is 5.91 Å². The van der Waals surface area contributed by atoms with Gasteiger partial charge >= 0.3 is 0 Å². The molecule has 1 aromatic heterocycles. The van der Waals surface area contributed by atoms with Crippen molar-refractivity contribution in [2.75, 3.05) is 13.1 Å². The zero-order valence-electron chi connectivity index (χ0n) is 13.2. The fourth-order valence-electron chi connectivity index (χ4n) is 3.52. The highest BCUT2D eigenvalue weighted by Gasteiger charge is 2.23. The molecule has 0 bridgehead atoms. The molecule has 2 aliphatic rings. The minimum absolute atomic E-state index is 0.215. The number of carbonyl (C=O) groups excluding carboxylic acids is 1. The van der Waals surface area contributed by atoms with Crippen LogP contribution in [0.2, 0.25) is 0 Å². The van der Waals surface area contributed by atoms with E-state index in [1.165, 1.54) is 30.6 Å². The number of fused-ring (bicyclic) bond motifs is 1. The predicted molar refractivity (Wildman–Crippen MR) is 87.8 cm³/mol. The molecule has 0 saturated carbocycles. The molecule has 1 aliphatic carbocycles. The van der Waals surface area contributed by atoms with Gasteiger partial charge in [0.05, 0.1) is 0 Å². The van der Waals surface area contributed by atoms with Gasteiger partial charge in [-0.15, -0.1) is 11.3 Å². The molecule has 0 spiro atoms. The first kappa shape index (κ1) is 15.0. The maximum absolute atomic E-state index is 11.4. The average Bonchev–Trinajstić information content (AvgIpc) is 2.92. The van der Waals surface area contributed by atoms with Crippen molar-refractivity contribution in [1.29, 1.82) is 0 Å². The zero-order valence-corrected chi connectivity index (χ0v) is 14.0. The molecule has 1 amide bonds. The third-order valence-electron chi connectivity index (χ3n) is 4.87. The monoisotopic (exact) mass is 306 g/mol. The molecule has 1 fully saturated rings. The SMILES string of the molecule is CC(=O)N1CCC(NC(C)c2cc3c(s2)CCCC3)CC1. The molecule has 3 rings (SSSR count). The highest BCUT2D eigenvalue weighted by molar-refractivity contribution is 7.12. The number of hydrogen-bond donors (Lipinski definition) is 1. The standard InChI is InChI=1S/C17H26N2OS/c1-12(17-11-14-5-3-4-6-16(14)21-17)18-15-7-9-19(10-8-15)13(2)20/h11-12,15,18H,3-10H2,1-2H3. The highest BCUT2D eigenvalue weighted by atomic mass is 32.1. The quantitative estimate of drug-likeness (QED) is 0.929. The number of hydrogen-bond acceptors (Lipinski definition) is 3. The Morgan fingerprint density at radius 1 is 1.33 bits per heavy atom. The second-order valence-electron chi connectivity index (χ2n) is 6.47. The van der Waals surface area contributed by atoms with E-state index in [0.717, 1.165) is 25.9 Å². The summed E-state index contributed by atoms with van der Waals surface area (Å²) in [5.74, 6) is 0.215. The summed E-state index contributed by atoms with van der Waals surface area (Å²) < 4.78 is 0. The van der Waals surface area contributed by atoms with E-state index < -0.39 is 0 Å². The Hall–Kier alpha value is -0.870. The van der Waals surface area contributed by atoms with E-state index in [1.807, 2.05) is 16.2 Å². The number of carbonyl (C=O) groups is 1. The second kappa shape index (κ2) is 6.49. The van der Waals surface area contributed by atoms with Crippen molar-refractivity contribution < 1.29 is 4.79 Å². The first-order chi connectivity index (χ1) is 10.1. The van der Waals surface area contributed by atoms with Crippen molar-refractivity contribution in [3.63, 3.8) is 0 Å². The lowest BCUT2D eigenvalue weighted by Crippen LogP contribution is -2.44. The lowest BCUT2D eigenvalue weighted by Gasteiger charge is -2.33. The summed E-state index contributed by atoms with van der Waals surface area (Å²) in [5, 5.41) is 3.78. The lowest BCUT2D eigenvalue weighted by atomic mass is 9.98. The first-order valence-electron chi connectivity index (χ1n) is 8.26. The molecule has 1 unspecified atom stereocenters. The molecule has 1 N–H and O–H groups in total. The molecule has 2 heterocycles. The Balaban J connectivity index is 1.56. The highest BCUT2D eigenvalue weighted by Crippen LogP contribution is 2.33. The first-order valence-corrected chi connectivity index (χ1v) is 9.08. The normalized spacial score (nSPS) is 21.1. The fourth-order valence-corrected chi connectivity index (χ4v) is 4.79. The van der Waals surface area contributed by atoms with Crippen LogP contribution < -0.4 is 5.32 Å². The Kier molecular flexibility index (Phi) is 4.65. The lowest BCUT2D eigenvalue weighted by molar-refractivity contribution is -0.129. The van der Waals surface area contributed by atoms with Crippen LogP contribution in [-0.4, -0.2) is 29.9 Å². The summed E-state index contributed by atoms with van der Waals surface area (Å²) in [6.45, 7) is 5.77. The van der Waals surface area contributed by atoms with E-state index in [9.17, 15) is 4.79 Å². The third kappa shape index (κ3) is 3.49. The van der Waals surface area contributed by atoms with E-state index in [1.54, 1.807) is 17.4 Å². The van der Waals surface area contributed by atoms with Gasteiger partial charge in [-0.05, 0) is 57.1 Å². The van der Waals surface area contributed by atoms with Crippen LogP contribution in [0.4, 0.5) is 0 Å². The molecule has 21 heavy (non-hydrogen) atoms. The molecule has 1 atom stereocenters. The number of nitrogens with zero attached hydrogens (tertiary/aromatic N) is 1. The van der Waals surface area contributed by atoms with Gasteiger partial charge in [0.1, 0.15) is 0 Å². The van der Waals surface area contributed by atoms with E-state index >= 15 is 0 Å². The fraction of sp³-hybridized carbons (Fsp3) is 0.706. The van der Waals surface area contributed by atoms with Crippen molar-refractivity contribution in [3.8, 4) is 0 Å². The number of amides is 1. The molecule has 0 aromatic carbocycles. The number of aryl methyl sites for hydroxylation is 2. The molecule has 4 heteroatoms. The molecule has 1 saturated heterocycles. The van der Waals surface area contributed by atoms with Crippen molar-refractivity contribution >= 4 is 17.2 Å². The number of nitrogens with one attached hydrogen (secondary N) is 1. The van der Waals surface area contributed by atoms with Crippen LogP contribution in [-0.2, 0) is 17.6 Å². The van der Waals surface area contributed by atoms with E-state index in [0.29, 0.717) is 12.1 Å². The summed E-state index contributed by atoms with van der Waals surface area (Å²) in [6, 6.07) is 3.42. The number of piperidine rings is 1. The topological polar surface area (TPSA) is 32.3 Å². The smallest absolute Gasteiger partial charge is 0.219 e. The zero-order chi connectivity index (χ0) is 14.8. The third-order valence-corrected chi connectivity index (χ3v) is 6.29. The van der Waals surface area contributed by atoms with Crippen molar-refractivity contribution in [3.05, 3.63) is 21.4 Å². The molecule has 116 valence electrons. The largest absolute Gasteiger partial charge is 0.343 e. The van der Waals surface area contributed by atoms with Gasteiger partial charge in [-0.3, -0.25) is 4.79 Å². The van der Waals surface area contributed by atoms with Crippen LogP contribution in [0.3, 0.4) is 0 Å². The molecular weight excluding hydrogens is 280 g/mol. The summed E-state index contributed by atoms with van der Waals surface area (Å²) in [7, 11) is 0. The predicted octanol–water partition coefficient (Wildman–Crippen LogP) is 3.29. The Labute approximate surface area is 131 Å². The van der Waals surface area contributed by atoms with Crippen LogP contribution >= 0.6 is 11.3 Å². The number of rotatable bonds is 3. The maximum atomic E-state index is 11.4. The average molecular weight is 306 g/mol. The number of thiophene rings is 1. The van der Waals surface area contributed by atoms with Gasteiger partial charge in [0.15, 0.2) is 0 Å². The van der Waals surface area contributed by atoms with Gasteiger partial charge in [-0.1, -0.05) is 0 Å². The summed E-state index contributed by atoms with van der Waals surface area (Å²) >= 11 is 2.01. The van der Waals surface area contributed by atoms with Gasteiger partial charge in [-0.25, -0.2) is 0 Å². The molecule has 1 aliphatic heterocycles. The molecule has 0 radical (unpaired) electrons. The molecule has 3 nitrogen and oxygen atoms in total. The van der Waals surface area contributed by atoms with Gasteiger partial charge in [0.25, 0.3) is 0 Å². The van der Waals surface area contributed by atoms with Gasteiger partial charge in [0.2, 0.25) is 5.91 Å². The van der Waals surface area contributed by atoms with Crippen LogP contribution in [0.25, 0.3) is 0 Å². The van der Waals surface area contributed by atoms with Gasteiger partial charge < -0.3 is 10.2 Å². The maximum Gasteiger partial charge on any atom is 0.219 e. The minimum Gasteiger partial charge on any atom is -0.343 e. The minimum atomic E-state index is 0.215. The van der Waals surface area contributed by atoms with Crippen molar-refractivity contribution in [2.24, 2.45) is 0 Å². The van der Waals surface area contributed by atoms with Crippen LogP contribution in [0.5, 0.6) is 0 Å². The van der Waals surface area contributed by atoms with Crippen LogP contribution in [0.1, 0.15) is 60.9 Å². The van der Waals surface area contributed by atoms with Crippen LogP contribution in [0.15, 0.2) is 6.07 Å². The summed E-state index contributed by atoms with van der Waals surface area (Å²) in [4.78, 5) is 16.5. The van der Waals surface area contributed by atoms with E-state index in [2.05, 4.69) is 18.3 Å². The summed E-state index contributed by atoms with van der Waals surface area (Å²) in [6.07, 6.45) is 7.43. The van der Waals surface area contributed by atoms with E-state index in [4.69, 9.17) is 0 Å². The summed E-state index contributed by atoms with van der Waals surface area (Å²) in [5.41, 5.74) is 1.60. The Morgan fingerprint density at radius 2 is 2.05 bits per heavy atom. The molecular formula is C17H26N2OS. The molecule has 1 aromatic rings. The second-order valence-corrected chi connectivity index (χ2v) is 7.64. The Morgan fingerprint density at radius 3 is 2.71 bits per heavy atom. The Bertz CT molecular complexity index is 479. The van der Waals surface area contributed by atoms with Gasteiger partial charge in [-0.2, -0.15) is 0 Å². The van der Waals surface area contributed by atoms with Gasteiger partial charge in [0, 0.05) is 41.9 Å².